The van der Waals surface area contributed by atoms with E-state index in [1.54, 1.807) is 23.1 Å². The lowest BCUT2D eigenvalue weighted by Gasteiger charge is -2.42. The molecule has 0 spiro atoms. The lowest BCUT2D eigenvalue weighted by Crippen LogP contribution is -2.49. The monoisotopic (exact) mass is 439 g/mol. The Kier molecular flexibility index (Phi) is 6.95. The van der Waals surface area contributed by atoms with Crippen LogP contribution in [-0.4, -0.2) is 46.3 Å². The van der Waals surface area contributed by atoms with Gasteiger partial charge < -0.3 is 14.2 Å². The van der Waals surface area contributed by atoms with Gasteiger partial charge in [-0.25, -0.2) is 9.67 Å². The van der Waals surface area contributed by atoms with Crippen LogP contribution in [0.25, 0.3) is 11.8 Å². The summed E-state index contributed by atoms with van der Waals surface area (Å²) in [6.45, 7) is 6.02. The molecule has 156 valence electrons. The van der Waals surface area contributed by atoms with E-state index >= 15 is 0 Å². The van der Waals surface area contributed by atoms with Gasteiger partial charge in [-0.1, -0.05) is 43.1 Å². The molecule has 1 saturated heterocycles. The molecule has 1 aromatic carbocycles. The largest absolute Gasteiger partial charge is 0.455 e. The van der Waals surface area contributed by atoms with Gasteiger partial charge in [0, 0.05) is 6.92 Å². The molecule has 1 aliphatic heterocycles. The number of hydrogen-bond donors (Lipinski definition) is 0. The molecular weight excluding hydrogens is 417 g/mol. The highest BCUT2D eigenvalue weighted by atomic mass is 35.5. The first-order valence-corrected chi connectivity index (χ1v) is 10.00. The molecule has 1 fully saturated rings. The molecule has 0 radical (unpaired) electrons. The average molecular weight is 440 g/mol. The van der Waals surface area contributed by atoms with Gasteiger partial charge in [-0.3, -0.25) is 4.79 Å². The van der Waals surface area contributed by atoms with E-state index in [2.05, 4.69) is 10.1 Å². The lowest BCUT2D eigenvalue weighted by molar-refractivity contribution is -0.242. The Hall–Kier alpha value is -1.93. The third-order valence-electron chi connectivity index (χ3n) is 4.66. The maximum Gasteiger partial charge on any atom is 0.303 e. The van der Waals surface area contributed by atoms with Crippen LogP contribution in [0.2, 0.25) is 10.0 Å². The van der Waals surface area contributed by atoms with Crippen molar-refractivity contribution in [1.82, 2.24) is 14.8 Å². The summed E-state index contributed by atoms with van der Waals surface area (Å²) >= 11 is 12.2. The van der Waals surface area contributed by atoms with Crippen molar-refractivity contribution in [2.45, 2.75) is 39.6 Å². The van der Waals surface area contributed by atoms with Gasteiger partial charge >= 0.3 is 5.97 Å². The van der Waals surface area contributed by atoms with Crippen molar-refractivity contribution in [3.63, 3.8) is 0 Å². The topological polar surface area (TPSA) is 75.5 Å². The first-order valence-electron chi connectivity index (χ1n) is 9.24. The second-order valence-electron chi connectivity index (χ2n) is 7.19. The van der Waals surface area contributed by atoms with Crippen LogP contribution < -0.4 is 0 Å². The lowest BCUT2D eigenvalue weighted by atomic mass is 9.82. The minimum Gasteiger partial charge on any atom is -0.455 e. The molecule has 1 unspecified atom stereocenters. The van der Waals surface area contributed by atoms with E-state index in [0.29, 0.717) is 29.0 Å². The van der Waals surface area contributed by atoms with Crippen molar-refractivity contribution in [3.05, 3.63) is 46.5 Å². The zero-order chi connectivity index (χ0) is 21.0. The van der Waals surface area contributed by atoms with Crippen LogP contribution in [0, 0.1) is 5.41 Å². The minimum atomic E-state index is -0.700. The molecule has 0 bridgehead atoms. The Morgan fingerprint density at radius 1 is 1.38 bits per heavy atom. The van der Waals surface area contributed by atoms with Crippen molar-refractivity contribution in [3.8, 4) is 0 Å². The van der Waals surface area contributed by atoms with Crippen LogP contribution >= 0.6 is 23.2 Å². The Labute approximate surface area is 179 Å². The fourth-order valence-electron chi connectivity index (χ4n) is 3.15. The summed E-state index contributed by atoms with van der Waals surface area (Å²) in [5, 5.41) is 5.12. The van der Waals surface area contributed by atoms with Gasteiger partial charge in [-0.15, -0.1) is 0 Å². The Balaban J connectivity index is 2.05. The Morgan fingerprint density at radius 2 is 2.10 bits per heavy atom. The Morgan fingerprint density at radius 3 is 2.66 bits per heavy atom. The van der Waals surface area contributed by atoms with Gasteiger partial charge in [0.25, 0.3) is 0 Å². The van der Waals surface area contributed by atoms with Gasteiger partial charge in [-0.2, -0.15) is 5.10 Å². The van der Waals surface area contributed by atoms with Crippen molar-refractivity contribution < 1.29 is 19.0 Å². The maximum absolute atomic E-state index is 12.0. The zero-order valence-electron chi connectivity index (χ0n) is 16.5. The fourth-order valence-corrected chi connectivity index (χ4v) is 3.45. The smallest absolute Gasteiger partial charge is 0.303 e. The molecule has 1 aliphatic rings. The molecule has 1 aromatic heterocycles. The number of halogens is 2. The van der Waals surface area contributed by atoms with Crippen LogP contribution in [0.1, 0.15) is 32.8 Å². The van der Waals surface area contributed by atoms with Crippen molar-refractivity contribution in [2.75, 3.05) is 13.2 Å². The van der Waals surface area contributed by atoms with Crippen LogP contribution in [0.5, 0.6) is 0 Å². The Bertz CT molecular complexity index is 878. The number of carbonyl (C=O) groups excluding carboxylic acids is 1. The predicted octanol–water partition coefficient (Wildman–Crippen LogP) is 4.30. The first-order chi connectivity index (χ1) is 13.8. The number of hydrogen-bond acceptors (Lipinski definition) is 6. The molecular formula is C20H23Cl2N3O4. The zero-order valence-corrected chi connectivity index (χ0v) is 18.0. The highest BCUT2D eigenvalue weighted by Crippen LogP contribution is 2.37. The molecule has 0 amide bonds. The number of esters is 1. The summed E-state index contributed by atoms with van der Waals surface area (Å²) in [6.07, 6.45) is 4.56. The van der Waals surface area contributed by atoms with E-state index in [1.165, 1.54) is 13.3 Å². The number of rotatable bonds is 6. The summed E-state index contributed by atoms with van der Waals surface area (Å²) < 4.78 is 19.0. The molecule has 2 aromatic rings. The standard InChI is InChI=1S/C20H23Cl2N3O4/c1-4-18-27-9-20(3,10-28-18)19(29-13(2)26)17(25-12-23-11-24-25)8-14-5-6-15(21)16(22)7-14/h5-8,11-12,18-19H,4,9-10H2,1-3H3/b17-8-. The van der Waals surface area contributed by atoms with Crippen LogP contribution in [-0.2, 0) is 19.0 Å². The van der Waals surface area contributed by atoms with Gasteiger partial charge in [0.15, 0.2) is 12.4 Å². The van der Waals surface area contributed by atoms with Crippen LogP contribution in [0.4, 0.5) is 0 Å². The molecule has 29 heavy (non-hydrogen) atoms. The highest BCUT2D eigenvalue weighted by molar-refractivity contribution is 6.42. The normalized spacial score (nSPS) is 23.6. The number of ether oxygens (including phenoxy) is 3. The minimum absolute atomic E-state index is 0.269. The van der Waals surface area contributed by atoms with Gasteiger partial charge in [0.2, 0.25) is 0 Å². The molecule has 0 saturated carbocycles. The summed E-state index contributed by atoms with van der Waals surface area (Å²) in [5.74, 6) is -0.422. The fraction of sp³-hybridized carbons (Fsp3) is 0.450. The number of nitrogens with zero attached hydrogens (tertiary/aromatic N) is 3. The second-order valence-corrected chi connectivity index (χ2v) is 8.00. The molecule has 2 heterocycles. The molecule has 1 atom stereocenters. The summed E-state index contributed by atoms with van der Waals surface area (Å²) in [4.78, 5) is 16.0. The second kappa shape index (κ2) is 9.26. The first kappa shape index (κ1) is 21.8. The van der Waals surface area contributed by atoms with E-state index in [1.807, 2.05) is 26.0 Å². The van der Waals surface area contributed by atoms with E-state index in [0.717, 1.165) is 12.0 Å². The highest BCUT2D eigenvalue weighted by Gasteiger charge is 2.44. The van der Waals surface area contributed by atoms with E-state index < -0.39 is 17.5 Å². The SMILES string of the molecule is CCC1OCC(C)(C(OC(C)=O)/C(=C/c2ccc(Cl)c(Cl)c2)n2cncn2)CO1. The average Bonchev–Trinajstić information content (AvgIpc) is 3.22. The van der Waals surface area contributed by atoms with Crippen LogP contribution in [0.15, 0.2) is 30.9 Å². The quantitative estimate of drug-likeness (QED) is 0.624. The van der Waals surface area contributed by atoms with E-state index in [9.17, 15) is 4.79 Å². The molecule has 9 heteroatoms. The van der Waals surface area contributed by atoms with E-state index in [-0.39, 0.29) is 6.29 Å². The van der Waals surface area contributed by atoms with Crippen molar-refractivity contribution in [2.24, 2.45) is 5.41 Å². The van der Waals surface area contributed by atoms with Gasteiger partial charge in [-0.05, 0) is 30.2 Å². The van der Waals surface area contributed by atoms with Crippen molar-refractivity contribution in [1.29, 1.82) is 0 Å². The van der Waals surface area contributed by atoms with Gasteiger partial charge in [0.05, 0.1) is 34.4 Å². The third-order valence-corrected chi connectivity index (χ3v) is 5.40. The molecule has 0 N–H and O–H groups in total. The number of benzene rings is 1. The van der Waals surface area contributed by atoms with Crippen molar-refractivity contribution >= 4 is 40.9 Å². The number of carbonyl (C=O) groups is 1. The summed E-state index contributed by atoms with van der Waals surface area (Å²) in [5.41, 5.74) is 0.737. The molecule has 0 aliphatic carbocycles. The number of aromatic nitrogens is 3. The molecule has 7 nitrogen and oxygen atoms in total. The van der Waals surface area contributed by atoms with Gasteiger partial charge in [0.1, 0.15) is 12.7 Å². The predicted molar refractivity (Wildman–Crippen MR) is 110 cm³/mol. The van der Waals surface area contributed by atoms with Crippen LogP contribution in [0.3, 0.4) is 0 Å². The summed E-state index contributed by atoms with van der Waals surface area (Å²) in [6, 6.07) is 5.25. The molecule has 3 rings (SSSR count). The summed E-state index contributed by atoms with van der Waals surface area (Å²) in [7, 11) is 0. The third kappa shape index (κ3) is 5.17. The maximum atomic E-state index is 12.0. The van der Waals surface area contributed by atoms with E-state index in [4.69, 9.17) is 37.4 Å².